The fourth-order valence-electron chi connectivity index (χ4n) is 2.85. The summed E-state index contributed by atoms with van der Waals surface area (Å²) in [5, 5.41) is 16.3. The van der Waals surface area contributed by atoms with Crippen molar-refractivity contribution in [2.75, 3.05) is 11.1 Å². The SMILES string of the molecule is C[n+]1cc(NC(=O)CSc2nc3c(cc2C#N)CCCCCC3)on1. The monoisotopic (exact) mass is 358 g/mol. The van der Waals surface area contributed by atoms with E-state index in [9.17, 15) is 10.1 Å². The molecule has 7 nitrogen and oxygen atoms in total. The first-order valence-electron chi connectivity index (χ1n) is 8.34. The van der Waals surface area contributed by atoms with Gasteiger partial charge in [0.1, 0.15) is 11.1 Å². The molecule has 0 fully saturated rings. The summed E-state index contributed by atoms with van der Waals surface area (Å²) in [6.07, 6.45) is 8.22. The number of pyridine rings is 1. The second-order valence-electron chi connectivity index (χ2n) is 6.05. The van der Waals surface area contributed by atoms with E-state index in [-0.39, 0.29) is 11.7 Å². The van der Waals surface area contributed by atoms with Gasteiger partial charge in [-0.25, -0.2) is 4.98 Å². The Kier molecular flexibility index (Phi) is 5.66. The molecule has 1 aliphatic carbocycles. The van der Waals surface area contributed by atoms with Crippen LogP contribution in [0.2, 0.25) is 0 Å². The molecule has 0 spiro atoms. The number of amides is 1. The number of hydrogen-bond acceptors (Lipinski definition) is 6. The number of aromatic nitrogens is 3. The lowest BCUT2D eigenvalue weighted by Crippen LogP contribution is -2.28. The number of nitriles is 1. The molecule has 3 rings (SSSR count). The lowest BCUT2D eigenvalue weighted by atomic mass is 9.96. The average Bonchev–Trinajstić information content (AvgIpc) is 2.98. The molecule has 8 heteroatoms. The van der Waals surface area contributed by atoms with E-state index in [2.05, 4.69) is 21.6 Å². The van der Waals surface area contributed by atoms with Gasteiger partial charge in [0.25, 0.3) is 6.20 Å². The Bertz CT molecular complexity index is 812. The van der Waals surface area contributed by atoms with E-state index in [1.807, 2.05) is 6.07 Å². The Morgan fingerprint density at radius 1 is 1.40 bits per heavy atom. The highest BCUT2D eigenvalue weighted by Crippen LogP contribution is 2.26. The Hall–Kier alpha value is -2.40. The van der Waals surface area contributed by atoms with Gasteiger partial charge in [-0.2, -0.15) is 5.26 Å². The maximum absolute atomic E-state index is 12.0. The quantitative estimate of drug-likeness (QED) is 0.665. The van der Waals surface area contributed by atoms with Gasteiger partial charge < -0.3 is 0 Å². The van der Waals surface area contributed by atoms with E-state index in [0.717, 1.165) is 31.4 Å². The number of carbonyl (C=O) groups is 1. The van der Waals surface area contributed by atoms with Crippen molar-refractivity contribution in [1.29, 1.82) is 5.26 Å². The van der Waals surface area contributed by atoms with E-state index < -0.39 is 0 Å². The van der Waals surface area contributed by atoms with Gasteiger partial charge >= 0.3 is 5.88 Å². The van der Waals surface area contributed by atoms with Gasteiger partial charge in [-0.3, -0.25) is 14.6 Å². The first-order valence-corrected chi connectivity index (χ1v) is 9.32. The Morgan fingerprint density at radius 3 is 2.92 bits per heavy atom. The van der Waals surface area contributed by atoms with Crippen molar-refractivity contribution in [2.45, 2.75) is 43.6 Å². The number of nitrogens with zero attached hydrogens (tertiary/aromatic N) is 4. The van der Waals surface area contributed by atoms with Crippen molar-refractivity contribution in [1.82, 2.24) is 10.3 Å². The van der Waals surface area contributed by atoms with E-state index in [1.54, 1.807) is 13.2 Å². The molecule has 0 aliphatic heterocycles. The molecule has 2 aromatic rings. The van der Waals surface area contributed by atoms with Crippen LogP contribution in [0, 0.1) is 11.3 Å². The number of fused-ring (bicyclic) bond motifs is 1. The van der Waals surface area contributed by atoms with Crippen LogP contribution in [-0.4, -0.2) is 21.9 Å². The second kappa shape index (κ2) is 8.12. The molecule has 0 saturated heterocycles. The minimum Gasteiger partial charge on any atom is -0.288 e. The molecule has 0 saturated carbocycles. The van der Waals surface area contributed by atoms with Crippen molar-refractivity contribution in [3.63, 3.8) is 0 Å². The van der Waals surface area contributed by atoms with Gasteiger partial charge in [0.15, 0.2) is 12.3 Å². The summed E-state index contributed by atoms with van der Waals surface area (Å²) < 4.78 is 6.40. The molecule has 2 aromatic heterocycles. The predicted octanol–water partition coefficient (Wildman–Crippen LogP) is 2.16. The van der Waals surface area contributed by atoms with Gasteiger partial charge in [-0.05, 0) is 37.3 Å². The Morgan fingerprint density at radius 2 is 2.20 bits per heavy atom. The highest BCUT2D eigenvalue weighted by Gasteiger charge is 2.16. The van der Waals surface area contributed by atoms with Gasteiger partial charge in [0, 0.05) is 5.69 Å². The summed E-state index contributed by atoms with van der Waals surface area (Å²) in [6.45, 7) is 0. The highest BCUT2D eigenvalue weighted by atomic mass is 32.2. The van der Waals surface area contributed by atoms with Crippen LogP contribution in [0.3, 0.4) is 0 Å². The third-order valence-corrected chi connectivity index (χ3v) is 5.05. The van der Waals surface area contributed by atoms with Crippen LogP contribution in [0.15, 0.2) is 21.8 Å². The largest absolute Gasteiger partial charge is 0.302 e. The molecular weight excluding hydrogens is 338 g/mol. The molecule has 0 bridgehead atoms. The number of carbonyl (C=O) groups excluding carboxylic acids is 1. The van der Waals surface area contributed by atoms with Crippen molar-refractivity contribution in [2.24, 2.45) is 7.05 Å². The smallest absolute Gasteiger partial charge is 0.288 e. The minimum atomic E-state index is -0.223. The van der Waals surface area contributed by atoms with Crippen LogP contribution in [-0.2, 0) is 24.7 Å². The number of aryl methyl sites for hydroxylation is 3. The predicted molar refractivity (Wildman–Crippen MR) is 91.9 cm³/mol. The van der Waals surface area contributed by atoms with Gasteiger partial charge in [-0.15, -0.1) is 0 Å². The first-order chi connectivity index (χ1) is 12.2. The molecule has 2 heterocycles. The molecular formula is C17H20N5O2S+. The Labute approximate surface area is 150 Å². The minimum absolute atomic E-state index is 0.158. The zero-order valence-corrected chi connectivity index (χ0v) is 14.9. The van der Waals surface area contributed by atoms with Crippen molar-refractivity contribution >= 4 is 23.6 Å². The van der Waals surface area contributed by atoms with Crippen LogP contribution >= 0.6 is 11.8 Å². The number of rotatable bonds is 4. The van der Waals surface area contributed by atoms with Crippen molar-refractivity contribution < 1.29 is 14.0 Å². The summed E-state index contributed by atoms with van der Waals surface area (Å²) in [5.41, 5.74) is 2.80. The molecule has 0 aromatic carbocycles. The molecule has 0 atom stereocenters. The summed E-state index contributed by atoms with van der Waals surface area (Å²) in [6, 6.07) is 4.16. The third-order valence-electron chi connectivity index (χ3n) is 4.06. The zero-order valence-electron chi connectivity index (χ0n) is 14.1. The van der Waals surface area contributed by atoms with Crippen LogP contribution in [0.1, 0.15) is 42.5 Å². The topological polar surface area (TPSA) is 95.7 Å². The fourth-order valence-corrected chi connectivity index (χ4v) is 3.62. The van der Waals surface area contributed by atoms with E-state index in [1.165, 1.54) is 34.8 Å². The molecule has 1 aliphatic rings. The van der Waals surface area contributed by atoms with Crippen LogP contribution in [0.5, 0.6) is 0 Å². The summed E-state index contributed by atoms with van der Waals surface area (Å²) in [4.78, 5) is 16.7. The van der Waals surface area contributed by atoms with Crippen molar-refractivity contribution in [3.05, 3.63) is 29.1 Å². The van der Waals surface area contributed by atoms with Crippen molar-refractivity contribution in [3.8, 4) is 6.07 Å². The fraction of sp³-hybridized carbons (Fsp3) is 0.471. The van der Waals surface area contributed by atoms with Gasteiger partial charge in [0.2, 0.25) is 5.91 Å². The Balaban J connectivity index is 1.69. The van der Waals surface area contributed by atoms with Crippen LogP contribution < -0.4 is 10.00 Å². The molecule has 1 amide bonds. The number of anilines is 1. The lowest BCUT2D eigenvalue weighted by molar-refractivity contribution is -0.739. The summed E-state index contributed by atoms with van der Waals surface area (Å²) >= 11 is 1.28. The highest BCUT2D eigenvalue weighted by molar-refractivity contribution is 8.00. The first kappa shape index (κ1) is 17.4. The second-order valence-corrected chi connectivity index (χ2v) is 7.01. The van der Waals surface area contributed by atoms with Gasteiger partial charge in [0.05, 0.1) is 11.3 Å². The van der Waals surface area contributed by atoms with Crippen LogP contribution in [0.25, 0.3) is 0 Å². The van der Waals surface area contributed by atoms with E-state index in [0.29, 0.717) is 16.5 Å². The number of nitrogens with one attached hydrogen (secondary N) is 1. The molecule has 0 radical (unpaired) electrons. The average molecular weight is 358 g/mol. The number of hydrogen-bond donors (Lipinski definition) is 1. The third kappa shape index (κ3) is 4.57. The maximum atomic E-state index is 12.0. The van der Waals surface area contributed by atoms with E-state index in [4.69, 9.17) is 4.52 Å². The zero-order chi connectivity index (χ0) is 17.6. The van der Waals surface area contributed by atoms with Gasteiger partial charge in [-0.1, -0.05) is 29.3 Å². The number of thioether (sulfide) groups is 1. The lowest BCUT2D eigenvalue weighted by Gasteiger charge is -2.15. The molecule has 130 valence electrons. The summed E-state index contributed by atoms with van der Waals surface area (Å²) in [7, 11) is 1.70. The standard InChI is InChI=1S/C17H19N5O2S/c1-22-10-16(24-21-22)20-15(23)11-25-17-13(9-18)8-12-6-4-2-3-5-7-14(12)19-17/h8,10H,2-7,11H2,1H3/p+1. The van der Waals surface area contributed by atoms with Crippen LogP contribution in [0.4, 0.5) is 5.88 Å². The maximum Gasteiger partial charge on any atom is 0.302 e. The molecule has 1 N–H and O–H groups in total. The van der Waals surface area contributed by atoms with E-state index >= 15 is 0 Å². The summed E-state index contributed by atoms with van der Waals surface area (Å²) in [5.74, 6) is 0.226. The molecule has 0 unspecified atom stereocenters. The normalized spacial score (nSPS) is 14.1. The molecule has 25 heavy (non-hydrogen) atoms.